The summed E-state index contributed by atoms with van der Waals surface area (Å²) < 4.78 is 2.33. The largest absolute Gasteiger partial charge is 0.354 e. The highest BCUT2D eigenvalue weighted by atomic mass is 16.2. The maximum Gasteiger partial charge on any atom is 0.332 e. The van der Waals surface area contributed by atoms with Crippen molar-refractivity contribution >= 4 is 5.82 Å². The molecule has 0 saturated carbocycles. The van der Waals surface area contributed by atoms with Crippen LogP contribution in [-0.2, 0) is 20.6 Å². The molecule has 1 aliphatic rings. The van der Waals surface area contributed by atoms with Crippen LogP contribution in [0.1, 0.15) is 16.7 Å². The van der Waals surface area contributed by atoms with Gasteiger partial charge in [-0.1, -0.05) is 12.1 Å². The van der Waals surface area contributed by atoms with Crippen molar-refractivity contribution in [2.24, 2.45) is 14.1 Å². The van der Waals surface area contributed by atoms with Crippen LogP contribution >= 0.6 is 0 Å². The summed E-state index contributed by atoms with van der Waals surface area (Å²) in [5.74, 6) is 0.392. The molecule has 0 amide bonds. The van der Waals surface area contributed by atoms with E-state index >= 15 is 0 Å². The number of nitrogens with zero attached hydrogens (tertiary/aromatic N) is 6. The smallest absolute Gasteiger partial charge is 0.332 e. The molecule has 1 fully saturated rings. The van der Waals surface area contributed by atoms with Gasteiger partial charge in [0, 0.05) is 46.8 Å². The lowest BCUT2D eigenvalue weighted by molar-refractivity contribution is 0.248. The van der Waals surface area contributed by atoms with E-state index in [1.54, 1.807) is 19.2 Å². The minimum absolute atomic E-state index is 0.000132. The fourth-order valence-corrected chi connectivity index (χ4v) is 3.36. The lowest BCUT2D eigenvalue weighted by atomic mass is 10.1. The van der Waals surface area contributed by atoms with Gasteiger partial charge in [-0.25, -0.2) is 4.79 Å². The Morgan fingerprint density at radius 1 is 0.926 bits per heavy atom. The van der Waals surface area contributed by atoms with E-state index in [1.807, 2.05) is 23.1 Å². The zero-order chi connectivity index (χ0) is 19.6. The first-order chi connectivity index (χ1) is 13.0. The van der Waals surface area contributed by atoms with E-state index in [4.69, 9.17) is 5.26 Å². The molecular formula is C19H20N6O2. The highest BCUT2D eigenvalue weighted by Gasteiger charge is 2.24. The predicted octanol–water partition coefficient (Wildman–Crippen LogP) is 0.150. The van der Waals surface area contributed by atoms with Crippen LogP contribution in [0.15, 0.2) is 33.9 Å². The number of benzene rings is 1. The van der Waals surface area contributed by atoms with Gasteiger partial charge in [-0.15, -0.1) is 0 Å². The quantitative estimate of drug-likeness (QED) is 0.769. The van der Waals surface area contributed by atoms with Crippen molar-refractivity contribution in [3.63, 3.8) is 0 Å². The van der Waals surface area contributed by atoms with Crippen LogP contribution in [0.3, 0.4) is 0 Å². The number of nitriles is 2. The van der Waals surface area contributed by atoms with Gasteiger partial charge in [0.1, 0.15) is 11.9 Å². The van der Waals surface area contributed by atoms with E-state index in [0.717, 1.165) is 29.8 Å². The minimum atomic E-state index is -0.560. The molecule has 0 spiro atoms. The molecule has 2 heterocycles. The van der Waals surface area contributed by atoms with Crippen molar-refractivity contribution in [3.8, 4) is 12.1 Å². The van der Waals surface area contributed by atoms with E-state index in [-0.39, 0.29) is 5.56 Å². The van der Waals surface area contributed by atoms with Crippen molar-refractivity contribution < 1.29 is 0 Å². The zero-order valence-corrected chi connectivity index (χ0v) is 15.3. The van der Waals surface area contributed by atoms with Crippen LogP contribution in [0.5, 0.6) is 0 Å². The Hall–Kier alpha value is -3.36. The average Bonchev–Trinajstić information content (AvgIpc) is 2.70. The fraction of sp³-hybridized carbons (Fsp3) is 0.368. The molecule has 1 aliphatic heterocycles. The molecule has 8 nitrogen and oxygen atoms in total. The third-order valence-electron chi connectivity index (χ3n) is 4.91. The summed E-state index contributed by atoms with van der Waals surface area (Å²) in [6.45, 7) is 3.49. The van der Waals surface area contributed by atoms with Gasteiger partial charge in [0.25, 0.3) is 5.56 Å². The van der Waals surface area contributed by atoms with Gasteiger partial charge >= 0.3 is 5.69 Å². The molecular weight excluding hydrogens is 344 g/mol. The molecule has 0 radical (unpaired) electrons. The third kappa shape index (κ3) is 3.48. The van der Waals surface area contributed by atoms with Crippen LogP contribution < -0.4 is 16.1 Å². The highest BCUT2D eigenvalue weighted by molar-refractivity contribution is 5.53. The monoisotopic (exact) mass is 364 g/mol. The second kappa shape index (κ2) is 7.48. The summed E-state index contributed by atoms with van der Waals surface area (Å²) in [7, 11) is 2.96. The van der Waals surface area contributed by atoms with Crippen LogP contribution in [-0.4, -0.2) is 40.2 Å². The van der Waals surface area contributed by atoms with Crippen LogP contribution in [0.4, 0.5) is 5.82 Å². The molecule has 27 heavy (non-hydrogen) atoms. The first-order valence-electron chi connectivity index (χ1n) is 8.62. The van der Waals surface area contributed by atoms with Gasteiger partial charge in [0.2, 0.25) is 0 Å². The second-order valence-electron chi connectivity index (χ2n) is 6.59. The molecule has 0 aliphatic carbocycles. The highest BCUT2D eigenvalue weighted by Crippen LogP contribution is 2.18. The van der Waals surface area contributed by atoms with Gasteiger partial charge in [-0.3, -0.25) is 18.8 Å². The standard InChI is InChI=1S/C19H20N6O2/c1-22-17(16(12-21)18(26)23(2)19(22)27)25-9-7-24(8-10-25)13-15-5-3-14(11-20)4-6-15/h3-6H,7-10,13H2,1-2H3. The Kier molecular flexibility index (Phi) is 5.11. The number of hydrogen-bond acceptors (Lipinski definition) is 6. The molecule has 0 atom stereocenters. The Bertz CT molecular complexity index is 1040. The minimum Gasteiger partial charge on any atom is -0.354 e. The molecule has 0 unspecified atom stereocenters. The van der Waals surface area contributed by atoms with Gasteiger partial charge < -0.3 is 4.90 Å². The predicted molar refractivity (Wildman–Crippen MR) is 100 cm³/mol. The Morgan fingerprint density at radius 3 is 2.11 bits per heavy atom. The molecule has 138 valence electrons. The molecule has 0 N–H and O–H groups in total. The second-order valence-corrected chi connectivity index (χ2v) is 6.59. The maximum atomic E-state index is 12.3. The number of hydrogen-bond donors (Lipinski definition) is 0. The normalized spacial score (nSPS) is 14.6. The summed E-state index contributed by atoms with van der Waals surface area (Å²) >= 11 is 0. The molecule has 1 aromatic heterocycles. The van der Waals surface area contributed by atoms with Crippen molar-refractivity contribution in [1.29, 1.82) is 10.5 Å². The molecule has 3 rings (SSSR count). The Balaban J connectivity index is 1.76. The summed E-state index contributed by atoms with van der Waals surface area (Å²) in [6, 6.07) is 11.6. The van der Waals surface area contributed by atoms with Crippen LogP contribution in [0.25, 0.3) is 0 Å². The van der Waals surface area contributed by atoms with Gasteiger partial charge in [0.05, 0.1) is 11.6 Å². The molecule has 2 aromatic rings. The summed E-state index contributed by atoms with van der Waals surface area (Å²) in [5, 5.41) is 18.3. The summed E-state index contributed by atoms with van der Waals surface area (Å²) in [5.41, 5.74) is 0.769. The summed E-state index contributed by atoms with van der Waals surface area (Å²) in [4.78, 5) is 28.7. The van der Waals surface area contributed by atoms with Crippen molar-refractivity contribution in [1.82, 2.24) is 14.0 Å². The van der Waals surface area contributed by atoms with Gasteiger partial charge in [-0.05, 0) is 17.7 Å². The lowest BCUT2D eigenvalue weighted by Gasteiger charge is -2.36. The van der Waals surface area contributed by atoms with Crippen LogP contribution in [0.2, 0.25) is 0 Å². The van der Waals surface area contributed by atoms with Crippen molar-refractivity contribution in [2.45, 2.75) is 6.54 Å². The topological polar surface area (TPSA) is 98.1 Å². The summed E-state index contributed by atoms with van der Waals surface area (Å²) in [6.07, 6.45) is 0. The zero-order valence-electron chi connectivity index (χ0n) is 15.3. The van der Waals surface area contributed by atoms with E-state index in [2.05, 4.69) is 11.0 Å². The molecule has 8 heteroatoms. The maximum absolute atomic E-state index is 12.3. The number of rotatable bonds is 3. The third-order valence-corrected chi connectivity index (χ3v) is 4.91. The Labute approximate surface area is 156 Å². The van der Waals surface area contributed by atoms with Crippen molar-refractivity contribution in [2.75, 3.05) is 31.1 Å². The number of piperazine rings is 1. The molecule has 0 bridgehead atoms. The van der Waals surface area contributed by atoms with Gasteiger partial charge in [0.15, 0.2) is 5.56 Å². The number of anilines is 1. The van der Waals surface area contributed by atoms with Crippen LogP contribution in [0, 0.1) is 22.7 Å². The first-order valence-corrected chi connectivity index (χ1v) is 8.62. The lowest BCUT2D eigenvalue weighted by Crippen LogP contribution is -2.50. The fourth-order valence-electron chi connectivity index (χ4n) is 3.36. The Morgan fingerprint density at radius 2 is 1.56 bits per heavy atom. The van der Waals surface area contributed by atoms with E-state index in [1.165, 1.54) is 11.6 Å². The SMILES string of the molecule is Cn1c(N2CCN(Cc3ccc(C#N)cc3)CC2)c(C#N)c(=O)n(C)c1=O. The number of aromatic nitrogens is 2. The van der Waals surface area contributed by atoms with Gasteiger partial charge in [-0.2, -0.15) is 10.5 Å². The molecule has 1 aromatic carbocycles. The van der Waals surface area contributed by atoms with E-state index in [9.17, 15) is 14.9 Å². The van der Waals surface area contributed by atoms with E-state index in [0.29, 0.717) is 24.5 Å². The average molecular weight is 364 g/mol. The van der Waals surface area contributed by atoms with E-state index < -0.39 is 11.2 Å². The molecule has 1 saturated heterocycles. The van der Waals surface area contributed by atoms with Crippen molar-refractivity contribution in [3.05, 3.63) is 61.8 Å². The first kappa shape index (κ1) is 18.4.